The molecule has 2 heteroatoms. The molecular formula is C8H16NO. The SMILES string of the molecule is [CH2]CCN1CCOC(C)C1. The molecule has 1 heterocycles. The fourth-order valence-electron chi connectivity index (χ4n) is 1.32. The molecule has 0 bridgehead atoms. The number of morpholine rings is 1. The second kappa shape index (κ2) is 3.94. The zero-order chi connectivity index (χ0) is 7.40. The largest absolute Gasteiger partial charge is 0.376 e. The smallest absolute Gasteiger partial charge is 0.0674 e. The van der Waals surface area contributed by atoms with E-state index < -0.39 is 0 Å². The van der Waals surface area contributed by atoms with Crippen molar-refractivity contribution in [3.63, 3.8) is 0 Å². The molecule has 0 amide bonds. The highest BCUT2D eigenvalue weighted by atomic mass is 16.5. The second-order valence-corrected chi connectivity index (χ2v) is 2.84. The lowest BCUT2D eigenvalue weighted by Crippen LogP contribution is -2.41. The lowest BCUT2D eigenvalue weighted by molar-refractivity contribution is -0.0175. The third kappa shape index (κ3) is 2.27. The monoisotopic (exact) mass is 142 g/mol. The van der Waals surface area contributed by atoms with Crippen LogP contribution in [0.3, 0.4) is 0 Å². The molecule has 1 radical (unpaired) electrons. The Kier molecular flexibility index (Phi) is 3.16. The molecule has 0 saturated carbocycles. The van der Waals surface area contributed by atoms with Gasteiger partial charge in [0.15, 0.2) is 0 Å². The lowest BCUT2D eigenvalue weighted by atomic mass is 10.3. The summed E-state index contributed by atoms with van der Waals surface area (Å²) in [4.78, 5) is 2.40. The van der Waals surface area contributed by atoms with E-state index in [0.717, 1.165) is 32.7 Å². The summed E-state index contributed by atoms with van der Waals surface area (Å²) in [6.07, 6.45) is 1.42. The standard InChI is InChI=1S/C8H16NO/c1-3-4-9-5-6-10-8(2)7-9/h8H,1,3-7H2,2H3. The van der Waals surface area contributed by atoms with E-state index in [1.54, 1.807) is 0 Å². The van der Waals surface area contributed by atoms with Gasteiger partial charge < -0.3 is 4.74 Å². The molecule has 1 unspecified atom stereocenters. The van der Waals surface area contributed by atoms with Gasteiger partial charge in [0.2, 0.25) is 0 Å². The van der Waals surface area contributed by atoms with Gasteiger partial charge in [0.25, 0.3) is 0 Å². The van der Waals surface area contributed by atoms with E-state index in [1.165, 1.54) is 0 Å². The molecule has 0 aromatic rings. The Morgan fingerprint density at radius 2 is 2.50 bits per heavy atom. The van der Waals surface area contributed by atoms with Gasteiger partial charge in [-0.05, 0) is 19.9 Å². The first-order chi connectivity index (χ1) is 4.83. The predicted octanol–water partition coefficient (Wildman–Crippen LogP) is 0.931. The van der Waals surface area contributed by atoms with E-state index >= 15 is 0 Å². The van der Waals surface area contributed by atoms with Crippen molar-refractivity contribution in [2.45, 2.75) is 19.4 Å². The first-order valence-electron chi connectivity index (χ1n) is 3.96. The first-order valence-corrected chi connectivity index (χ1v) is 3.96. The molecule has 1 fully saturated rings. The highest BCUT2D eigenvalue weighted by Gasteiger charge is 2.14. The fourth-order valence-corrected chi connectivity index (χ4v) is 1.32. The summed E-state index contributed by atoms with van der Waals surface area (Å²) >= 11 is 0. The van der Waals surface area contributed by atoms with Crippen LogP contribution in [0.4, 0.5) is 0 Å². The van der Waals surface area contributed by atoms with E-state index in [0.29, 0.717) is 6.10 Å². The van der Waals surface area contributed by atoms with Crippen molar-refractivity contribution in [1.29, 1.82) is 0 Å². The van der Waals surface area contributed by atoms with Crippen LogP contribution in [0.1, 0.15) is 13.3 Å². The molecule has 0 aliphatic carbocycles. The molecule has 1 atom stereocenters. The van der Waals surface area contributed by atoms with Crippen molar-refractivity contribution in [3.05, 3.63) is 6.92 Å². The predicted molar refractivity (Wildman–Crippen MR) is 41.8 cm³/mol. The van der Waals surface area contributed by atoms with Gasteiger partial charge in [-0.2, -0.15) is 0 Å². The van der Waals surface area contributed by atoms with Gasteiger partial charge in [-0.3, -0.25) is 4.90 Å². The summed E-state index contributed by atoms with van der Waals surface area (Å²) in [6.45, 7) is 10.1. The maximum atomic E-state index is 5.39. The van der Waals surface area contributed by atoms with Crippen molar-refractivity contribution in [2.24, 2.45) is 0 Å². The zero-order valence-electron chi connectivity index (χ0n) is 6.68. The minimum absolute atomic E-state index is 0.417. The van der Waals surface area contributed by atoms with Crippen LogP contribution in [-0.2, 0) is 4.74 Å². The summed E-state index contributed by atoms with van der Waals surface area (Å²) in [5.41, 5.74) is 0. The van der Waals surface area contributed by atoms with E-state index in [1.807, 2.05) is 0 Å². The fraction of sp³-hybridized carbons (Fsp3) is 0.875. The van der Waals surface area contributed by atoms with Crippen LogP contribution >= 0.6 is 0 Å². The Bertz CT molecular complexity index is 93.3. The van der Waals surface area contributed by atoms with Crippen molar-refractivity contribution in [2.75, 3.05) is 26.2 Å². The zero-order valence-corrected chi connectivity index (χ0v) is 6.68. The first kappa shape index (κ1) is 8.02. The minimum atomic E-state index is 0.417. The molecule has 0 aromatic carbocycles. The van der Waals surface area contributed by atoms with Crippen LogP contribution in [0.5, 0.6) is 0 Å². The third-order valence-electron chi connectivity index (χ3n) is 1.80. The normalized spacial score (nSPS) is 28.8. The Morgan fingerprint density at radius 3 is 3.10 bits per heavy atom. The summed E-state index contributed by atoms with van der Waals surface area (Å²) in [6, 6.07) is 0. The molecule has 10 heavy (non-hydrogen) atoms. The number of hydrogen-bond donors (Lipinski definition) is 0. The average Bonchev–Trinajstić information content (AvgIpc) is 1.88. The van der Waals surface area contributed by atoms with Gasteiger partial charge in [-0.1, -0.05) is 6.92 Å². The summed E-state index contributed by atoms with van der Waals surface area (Å²) < 4.78 is 5.39. The van der Waals surface area contributed by atoms with Crippen LogP contribution in [0.2, 0.25) is 0 Å². The molecule has 1 aliphatic rings. The highest BCUT2D eigenvalue weighted by Crippen LogP contribution is 2.03. The van der Waals surface area contributed by atoms with Gasteiger partial charge in [-0.15, -0.1) is 0 Å². The number of hydrogen-bond acceptors (Lipinski definition) is 2. The summed E-state index contributed by atoms with van der Waals surface area (Å²) in [7, 11) is 0. The highest BCUT2D eigenvalue weighted by molar-refractivity contribution is 4.67. The molecule has 0 spiro atoms. The third-order valence-corrected chi connectivity index (χ3v) is 1.80. The van der Waals surface area contributed by atoms with Crippen molar-refractivity contribution >= 4 is 0 Å². The Balaban J connectivity index is 2.18. The number of rotatable bonds is 2. The molecule has 1 saturated heterocycles. The van der Waals surface area contributed by atoms with Crippen LogP contribution < -0.4 is 0 Å². The molecule has 1 aliphatic heterocycles. The molecule has 0 N–H and O–H groups in total. The van der Waals surface area contributed by atoms with E-state index in [-0.39, 0.29) is 0 Å². The van der Waals surface area contributed by atoms with Gasteiger partial charge in [0.1, 0.15) is 0 Å². The number of nitrogens with zero attached hydrogens (tertiary/aromatic N) is 1. The molecule has 0 aromatic heterocycles. The van der Waals surface area contributed by atoms with Crippen LogP contribution in [0.25, 0.3) is 0 Å². The summed E-state index contributed by atoms with van der Waals surface area (Å²) in [5, 5.41) is 0. The maximum absolute atomic E-state index is 5.39. The van der Waals surface area contributed by atoms with E-state index in [2.05, 4.69) is 18.7 Å². The second-order valence-electron chi connectivity index (χ2n) is 2.84. The van der Waals surface area contributed by atoms with Crippen LogP contribution in [0, 0.1) is 6.92 Å². The molecule has 2 nitrogen and oxygen atoms in total. The lowest BCUT2D eigenvalue weighted by Gasteiger charge is -2.30. The minimum Gasteiger partial charge on any atom is -0.376 e. The Morgan fingerprint density at radius 1 is 1.70 bits per heavy atom. The van der Waals surface area contributed by atoms with E-state index in [9.17, 15) is 0 Å². The van der Waals surface area contributed by atoms with Gasteiger partial charge in [0, 0.05) is 13.1 Å². The summed E-state index contributed by atoms with van der Waals surface area (Å²) in [5.74, 6) is 0. The van der Waals surface area contributed by atoms with Crippen molar-refractivity contribution in [1.82, 2.24) is 4.90 Å². The molecular weight excluding hydrogens is 126 g/mol. The molecule has 1 rings (SSSR count). The maximum Gasteiger partial charge on any atom is 0.0674 e. The quantitative estimate of drug-likeness (QED) is 0.568. The molecule has 59 valence electrons. The van der Waals surface area contributed by atoms with Crippen LogP contribution in [0.15, 0.2) is 0 Å². The Labute approximate surface area is 63.2 Å². The van der Waals surface area contributed by atoms with Gasteiger partial charge >= 0.3 is 0 Å². The van der Waals surface area contributed by atoms with Crippen molar-refractivity contribution < 1.29 is 4.74 Å². The topological polar surface area (TPSA) is 12.5 Å². The van der Waals surface area contributed by atoms with Crippen molar-refractivity contribution in [3.8, 4) is 0 Å². The van der Waals surface area contributed by atoms with Gasteiger partial charge in [0.05, 0.1) is 12.7 Å². The average molecular weight is 142 g/mol. The van der Waals surface area contributed by atoms with Crippen LogP contribution in [-0.4, -0.2) is 37.2 Å². The number of ether oxygens (including phenoxy) is 1. The Hall–Kier alpha value is -0.0800. The van der Waals surface area contributed by atoms with Gasteiger partial charge in [-0.25, -0.2) is 0 Å². The van der Waals surface area contributed by atoms with E-state index in [4.69, 9.17) is 4.74 Å².